The molecule has 0 spiro atoms. The van der Waals surface area contributed by atoms with Gasteiger partial charge in [-0.05, 0) is 43.4 Å². The van der Waals surface area contributed by atoms with E-state index in [1.807, 2.05) is 12.1 Å². The van der Waals surface area contributed by atoms with E-state index in [1.54, 1.807) is 7.11 Å². The van der Waals surface area contributed by atoms with Crippen molar-refractivity contribution in [3.8, 4) is 5.75 Å². The lowest BCUT2D eigenvalue weighted by atomic mass is 9.91. The monoisotopic (exact) mass is 296 g/mol. The molecule has 3 nitrogen and oxygen atoms in total. The lowest BCUT2D eigenvalue weighted by molar-refractivity contribution is 0.0798. The maximum atomic E-state index is 6.25. The molecule has 1 aliphatic heterocycles. The summed E-state index contributed by atoms with van der Waals surface area (Å²) in [4.78, 5) is 2.52. The van der Waals surface area contributed by atoms with Crippen molar-refractivity contribution in [1.82, 2.24) is 4.90 Å². The molecule has 1 aromatic rings. The van der Waals surface area contributed by atoms with Crippen LogP contribution >= 0.6 is 11.6 Å². The van der Waals surface area contributed by atoms with Crippen LogP contribution in [0.3, 0.4) is 0 Å². The summed E-state index contributed by atoms with van der Waals surface area (Å²) in [6, 6.07) is 6.80. The summed E-state index contributed by atoms with van der Waals surface area (Å²) in [6.45, 7) is 6.32. The third-order valence-corrected chi connectivity index (χ3v) is 4.65. The van der Waals surface area contributed by atoms with Gasteiger partial charge >= 0.3 is 0 Å². The van der Waals surface area contributed by atoms with Gasteiger partial charge in [-0.2, -0.15) is 0 Å². The van der Waals surface area contributed by atoms with Crippen molar-refractivity contribution < 1.29 is 4.74 Å². The van der Waals surface area contributed by atoms with Gasteiger partial charge in [0.05, 0.1) is 12.1 Å². The molecule has 3 atom stereocenters. The van der Waals surface area contributed by atoms with Crippen LogP contribution in [0.1, 0.15) is 38.3 Å². The third kappa shape index (κ3) is 3.27. The van der Waals surface area contributed by atoms with Crippen LogP contribution in [0.25, 0.3) is 0 Å². The number of hydrogen-bond acceptors (Lipinski definition) is 3. The van der Waals surface area contributed by atoms with Crippen LogP contribution < -0.4 is 10.5 Å². The van der Waals surface area contributed by atoms with Crippen LogP contribution in [-0.2, 0) is 0 Å². The average Bonchev–Trinajstić information content (AvgIpc) is 2.44. The Balaban J connectivity index is 2.24. The first-order valence-electron chi connectivity index (χ1n) is 7.36. The molecule has 0 aliphatic carbocycles. The van der Waals surface area contributed by atoms with Crippen molar-refractivity contribution in [2.24, 2.45) is 11.7 Å². The minimum Gasteiger partial charge on any atom is -0.495 e. The van der Waals surface area contributed by atoms with Crippen LogP contribution in [0.5, 0.6) is 5.75 Å². The van der Waals surface area contributed by atoms with Crippen molar-refractivity contribution in [2.45, 2.75) is 38.8 Å². The molecular formula is C16H25ClN2O. The van der Waals surface area contributed by atoms with Gasteiger partial charge in [0.25, 0.3) is 0 Å². The molecule has 2 N–H and O–H groups in total. The fourth-order valence-corrected chi connectivity index (χ4v) is 3.38. The molecule has 0 radical (unpaired) electrons. The highest BCUT2D eigenvalue weighted by Crippen LogP contribution is 2.33. The van der Waals surface area contributed by atoms with Crippen molar-refractivity contribution in [3.63, 3.8) is 0 Å². The number of benzene rings is 1. The smallest absolute Gasteiger partial charge is 0.137 e. The third-order valence-electron chi connectivity index (χ3n) is 4.35. The molecule has 3 unspecified atom stereocenters. The first-order valence-corrected chi connectivity index (χ1v) is 7.73. The number of likely N-dealkylation sites (tertiary alicyclic amines) is 1. The first kappa shape index (κ1) is 15.6. The zero-order chi connectivity index (χ0) is 14.7. The first-order chi connectivity index (χ1) is 9.56. The number of piperidine rings is 1. The van der Waals surface area contributed by atoms with Gasteiger partial charge in [0, 0.05) is 25.2 Å². The normalized spacial score (nSPS) is 25.4. The second-order valence-electron chi connectivity index (χ2n) is 5.87. The maximum absolute atomic E-state index is 6.25. The number of methoxy groups -OCH3 is 1. The largest absolute Gasteiger partial charge is 0.495 e. The average molecular weight is 297 g/mol. The summed E-state index contributed by atoms with van der Waals surface area (Å²) in [6.07, 6.45) is 2.54. The molecule has 1 saturated heterocycles. The predicted octanol–water partition coefficient (Wildman–Crippen LogP) is 3.47. The summed E-state index contributed by atoms with van der Waals surface area (Å²) in [5, 5.41) is 0.654. The van der Waals surface area contributed by atoms with Gasteiger partial charge in [0.15, 0.2) is 0 Å². The minimum absolute atomic E-state index is 0.233. The van der Waals surface area contributed by atoms with E-state index >= 15 is 0 Å². The van der Waals surface area contributed by atoms with E-state index < -0.39 is 0 Å². The zero-order valence-electron chi connectivity index (χ0n) is 12.6. The molecule has 2 rings (SSSR count). The molecule has 20 heavy (non-hydrogen) atoms. The lowest BCUT2D eigenvalue weighted by Gasteiger charge is -2.42. The number of halogens is 1. The fourth-order valence-electron chi connectivity index (χ4n) is 3.11. The highest BCUT2D eigenvalue weighted by atomic mass is 35.5. The Morgan fingerprint density at radius 2 is 2.15 bits per heavy atom. The van der Waals surface area contributed by atoms with E-state index in [-0.39, 0.29) is 6.04 Å². The lowest BCUT2D eigenvalue weighted by Crippen LogP contribution is -2.45. The van der Waals surface area contributed by atoms with Gasteiger partial charge in [0.1, 0.15) is 5.75 Å². The van der Waals surface area contributed by atoms with Gasteiger partial charge in [0.2, 0.25) is 0 Å². The molecule has 0 saturated carbocycles. The number of hydrogen-bond donors (Lipinski definition) is 1. The van der Waals surface area contributed by atoms with Gasteiger partial charge in [-0.25, -0.2) is 0 Å². The minimum atomic E-state index is 0.233. The Kier molecular flexibility index (Phi) is 5.30. The van der Waals surface area contributed by atoms with Crippen molar-refractivity contribution in [1.29, 1.82) is 0 Å². The summed E-state index contributed by atoms with van der Waals surface area (Å²) in [5.41, 5.74) is 7.23. The van der Waals surface area contributed by atoms with Crippen LogP contribution in [0.4, 0.5) is 0 Å². The topological polar surface area (TPSA) is 38.5 Å². The Hall–Kier alpha value is -0.770. The Morgan fingerprint density at radius 3 is 2.75 bits per heavy atom. The molecule has 0 aromatic heterocycles. The fraction of sp³-hybridized carbons (Fsp3) is 0.625. The number of rotatable bonds is 4. The Morgan fingerprint density at radius 1 is 1.40 bits per heavy atom. The van der Waals surface area contributed by atoms with Gasteiger partial charge < -0.3 is 10.5 Å². The summed E-state index contributed by atoms with van der Waals surface area (Å²) in [7, 11) is 1.63. The molecule has 1 heterocycles. The van der Waals surface area contributed by atoms with Crippen molar-refractivity contribution in [2.75, 3.05) is 20.2 Å². The van der Waals surface area contributed by atoms with Crippen molar-refractivity contribution >= 4 is 11.6 Å². The Labute approximate surface area is 127 Å². The quantitative estimate of drug-likeness (QED) is 0.924. The van der Waals surface area contributed by atoms with E-state index in [0.29, 0.717) is 23.4 Å². The van der Waals surface area contributed by atoms with Gasteiger partial charge in [-0.3, -0.25) is 4.90 Å². The van der Waals surface area contributed by atoms with E-state index in [4.69, 9.17) is 22.1 Å². The van der Waals surface area contributed by atoms with E-state index in [9.17, 15) is 0 Å². The molecule has 1 aromatic carbocycles. The van der Waals surface area contributed by atoms with Crippen LogP contribution in [0.15, 0.2) is 18.2 Å². The van der Waals surface area contributed by atoms with E-state index in [0.717, 1.165) is 12.5 Å². The van der Waals surface area contributed by atoms with Gasteiger partial charge in [-0.1, -0.05) is 24.6 Å². The van der Waals surface area contributed by atoms with Crippen molar-refractivity contribution in [3.05, 3.63) is 28.8 Å². The van der Waals surface area contributed by atoms with E-state index in [2.05, 4.69) is 24.8 Å². The van der Waals surface area contributed by atoms with Crippen LogP contribution in [0.2, 0.25) is 5.02 Å². The molecule has 4 heteroatoms. The second kappa shape index (κ2) is 6.79. The number of ether oxygens (including phenoxy) is 1. The summed E-state index contributed by atoms with van der Waals surface area (Å²) >= 11 is 6.25. The Bertz CT molecular complexity index is 452. The SMILES string of the molecule is COc1ccc(C(CN)N2CC(C)CCC2C)cc1Cl. The van der Waals surface area contributed by atoms with Gasteiger partial charge in [-0.15, -0.1) is 0 Å². The zero-order valence-corrected chi connectivity index (χ0v) is 13.4. The van der Waals surface area contributed by atoms with E-state index in [1.165, 1.54) is 18.4 Å². The standard InChI is InChI=1S/C16H25ClN2O/c1-11-4-5-12(2)19(10-11)15(9-18)13-6-7-16(20-3)14(17)8-13/h6-8,11-12,15H,4-5,9-10,18H2,1-3H3. The summed E-state index contributed by atoms with van der Waals surface area (Å²) < 4.78 is 5.22. The maximum Gasteiger partial charge on any atom is 0.137 e. The van der Waals surface area contributed by atoms with Crippen LogP contribution in [0, 0.1) is 5.92 Å². The number of nitrogens with zero attached hydrogens (tertiary/aromatic N) is 1. The molecule has 1 fully saturated rings. The number of nitrogens with two attached hydrogens (primary N) is 1. The second-order valence-corrected chi connectivity index (χ2v) is 6.28. The highest BCUT2D eigenvalue weighted by Gasteiger charge is 2.29. The molecule has 1 aliphatic rings. The molecular weight excluding hydrogens is 272 g/mol. The molecule has 0 amide bonds. The van der Waals surface area contributed by atoms with Crippen LogP contribution in [-0.4, -0.2) is 31.1 Å². The predicted molar refractivity (Wildman–Crippen MR) is 84.4 cm³/mol. The molecule has 112 valence electrons. The molecule has 0 bridgehead atoms. The highest BCUT2D eigenvalue weighted by molar-refractivity contribution is 6.32. The summed E-state index contributed by atoms with van der Waals surface area (Å²) in [5.74, 6) is 1.44.